The molecule has 2 N–H and O–H groups in total. The summed E-state index contributed by atoms with van der Waals surface area (Å²) in [5.74, 6) is 0. The maximum absolute atomic E-state index is 10.7. The Labute approximate surface area is 191 Å². The Morgan fingerprint density at radius 2 is 1.42 bits per heavy atom. The van der Waals surface area contributed by atoms with Crippen LogP contribution in [0, 0.1) is 0 Å². The van der Waals surface area contributed by atoms with Crippen LogP contribution in [0.15, 0.2) is 0 Å². The zero-order valence-electron chi connectivity index (χ0n) is 17.1. The standard InChI is InChI=1S/C16H35O6P.K.H/c1-5-6-7-8-9-10-11-12-13-14-15(20-16(2,3)4)21-22-23(17,18)19;;/h15H,5-14H2,1-4H3,(H2,17,18,19);;/q;+1;-1. The smallest absolute Gasteiger partial charge is 1.00 e. The fourth-order valence-electron chi connectivity index (χ4n) is 2.25. The van der Waals surface area contributed by atoms with E-state index in [-0.39, 0.29) is 52.8 Å². The maximum Gasteiger partial charge on any atom is 1.00 e. The number of unbranched alkanes of at least 4 members (excludes halogenated alkanes) is 8. The number of rotatable bonds is 14. The van der Waals surface area contributed by atoms with Gasteiger partial charge in [0.25, 0.3) is 0 Å². The SMILES string of the molecule is CCCCCCCCCCCC(OOP(=O)(O)O)OC(C)(C)C.[H-].[K+]. The van der Waals surface area contributed by atoms with Crippen molar-refractivity contribution in [2.75, 3.05) is 0 Å². The summed E-state index contributed by atoms with van der Waals surface area (Å²) in [6, 6.07) is 0. The summed E-state index contributed by atoms with van der Waals surface area (Å²) >= 11 is 0. The van der Waals surface area contributed by atoms with Crippen molar-refractivity contribution >= 4 is 7.82 Å². The van der Waals surface area contributed by atoms with Gasteiger partial charge in [-0.2, -0.15) is 4.89 Å². The van der Waals surface area contributed by atoms with Gasteiger partial charge < -0.3 is 16.0 Å². The van der Waals surface area contributed by atoms with Crippen LogP contribution in [0.3, 0.4) is 0 Å². The number of ether oxygens (including phenoxy) is 1. The van der Waals surface area contributed by atoms with Gasteiger partial charge in [0.2, 0.25) is 0 Å². The molecule has 142 valence electrons. The molecule has 0 saturated carbocycles. The molecule has 0 heterocycles. The first-order chi connectivity index (χ1) is 10.6. The summed E-state index contributed by atoms with van der Waals surface area (Å²) in [7, 11) is -4.65. The number of hydrogen-bond acceptors (Lipinski definition) is 4. The van der Waals surface area contributed by atoms with Crippen LogP contribution in [-0.2, 0) is 18.9 Å². The van der Waals surface area contributed by atoms with E-state index >= 15 is 0 Å². The zero-order valence-corrected chi connectivity index (χ0v) is 20.1. The Balaban J connectivity index is -0.00000242. The fourth-order valence-corrected chi connectivity index (χ4v) is 2.45. The second-order valence-corrected chi connectivity index (χ2v) is 8.07. The third kappa shape index (κ3) is 21.7. The monoisotopic (exact) mass is 394 g/mol. The van der Waals surface area contributed by atoms with Gasteiger partial charge in [-0.3, -0.25) is 0 Å². The molecule has 0 aromatic heterocycles. The molecular formula is C16H36KO6P. The molecule has 0 rings (SSSR count). The molecule has 24 heavy (non-hydrogen) atoms. The van der Waals surface area contributed by atoms with Crippen LogP contribution in [0.4, 0.5) is 0 Å². The molecule has 1 atom stereocenters. The van der Waals surface area contributed by atoms with Crippen molar-refractivity contribution in [3.63, 3.8) is 0 Å². The number of phosphoric acid groups is 1. The van der Waals surface area contributed by atoms with Gasteiger partial charge in [0.1, 0.15) is 0 Å². The molecule has 0 amide bonds. The third-order valence-corrected chi connectivity index (χ3v) is 3.56. The first-order valence-corrected chi connectivity index (χ1v) is 10.3. The Morgan fingerprint density at radius 3 is 1.83 bits per heavy atom. The summed E-state index contributed by atoms with van der Waals surface area (Å²) in [6.45, 7) is 7.79. The van der Waals surface area contributed by atoms with E-state index in [1.165, 1.54) is 38.5 Å². The Kier molecular flexibility index (Phi) is 18.2. The molecule has 0 aliphatic heterocycles. The van der Waals surface area contributed by atoms with Gasteiger partial charge in [-0.25, -0.2) is 4.57 Å². The first kappa shape index (κ1) is 27.9. The van der Waals surface area contributed by atoms with Crippen LogP contribution >= 0.6 is 7.82 Å². The van der Waals surface area contributed by atoms with Crippen molar-refractivity contribution in [2.45, 2.75) is 104 Å². The molecule has 0 aromatic rings. The van der Waals surface area contributed by atoms with E-state index in [0.29, 0.717) is 6.42 Å². The second-order valence-electron chi connectivity index (χ2n) is 6.94. The van der Waals surface area contributed by atoms with Gasteiger partial charge in [-0.15, -0.1) is 4.67 Å². The molecule has 0 aromatic carbocycles. The molecule has 0 aliphatic rings. The molecule has 0 fully saturated rings. The predicted molar refractivity (Wildman–Crippen MR) is 91.8 cm³/mol. The van der Waals surface area contributed by atoms with Crippen molar-refractivity contribution in [2.24, 2.45) is 0 Å². The molecule has 1 unspecified atom stereocenters. The van der Waals surface area contributed by atoms with Crippen molar-refractivity contribution in [1.29, 1.82) is 0 Å². The van der Waals surface area contributed by atoms with Crippen molar-refractivity contribution in [3.05, 3.63) is 0 Å². The average Bonchev–Trinajstić information content (AvgIpc) is 2.40. The maximum atomic E-state index is 10.7. The van der Waals surface area contributed by atoms with Gasteiger partial charge in [-0.05, 0) is 27.2 Å². The summed E-state index contributed by atoms with van der Waals surface area (Å²) in [5.41, 5.74) is -0.470. The molecule has 0 aliphatic carbocycles. The van der Waals surface area contributed by atoms with E-state index in [2.05, 4.69) is 11.6 Å². The average molecular weight is 395 g/mol. The van der Waals surface area contributed by atoms with E-state index < -0.39 is 19.7 Å². The van der Waals surface area contributed by atoms with Crippen LogP contribution in [0.1, 0.15) is 93.3 Å². The van der Waals surface area contributed by atoms with E-state index in [9.17, 15) is 4.57 Å². The van der Waals surface area contributed by atoms with Crippen LogP contribution in [-0.4, -0.2) is 21.7 Å². The number of hydrogen-bond donors (Lipinski definition) is 2. The largest absolute Gasteiger partial charge is 1.00 e. The minimum atomic E-state index is -4.65. The Bertz CT molecular complexity index is 335. The van der Waals surface area contributed by atoms with E-state index in [0.717, 1.165) is 19.3 Å². The van der Waals surface area contributed by atoms with Crippen molar-refractivity contribution in [3.8, 4) is 0 Å². The van der Waals surface area contributed by atoms with Gasteiger partial charge in [0.05, 0.1) is 5.60 Å². The van der Waals surface area contributed by atoms with Gasteiger partial charge >= 0.3 is 59.2 Å². The van der Waals surface area contributed by atoms with Gasteiger partial charge in [-0.1, -0.05) is 58.3 Å². The Hall–Kier alpha value is 1.67. The van der Waals surface area contributed by atoms with Crippen molar-refractivity contribution in [1.82, 2.24) is 0 Å². The summed E-state index contributed by atoms with van der Waals surface area (Å²) in [5, 5.41) is 0. The van der Waals surface area contributed by atoms with Crippen molar-refractivity contribution < 1.29 is 81.5 Å². The quantitative estimate of drug-likeness (QED) is 0.117. The normalized spacial score (nSPS) is 13.6. The minimum absolute atomic E-state index is 0. The first-order valence-electron chi connectivity index (χ1n) is 8.72. The van der Waals surface area contributed by atoms with Crippen LogP contribution < -0.4 is 51.4 Å². The van der Waals surface area contributed by atoms with Crippen LogP contribution in [0.25, 0.3) is 0 Å². The van der Waals surface area contributed by atoms with E-state index in [1.807, 2.05) is 20.8 Å². The van der Waals surface area contributed by atoms with E-state index in [1.54, 1.807) is 0 Å². The molecule has 0 saturated heterocycles. The Morgan fingerprint density at radius 1 is 0.958 bits per heavy atom. The summed E-state index contributed by atoms with van der Waals surface area (Å²) in [4.78, 5) is 22.2. The molecule has 0 spiro atoms. The zero-order chi connectivity index (χ0) is 17.8. The van der Waals surface area contributed by atoms with E-state index in [4.69, 9.17) is 19.4 Å². The second kappa shape index (κ2) is 15.7. The van der Waals surface area contributed by atoms with Gasteiger partial charge in [0, 0.05) is 6.42 Å². The molecule has 0 radical (unpaired) electrons. The third-order valence-electron chi connectivity index (χ3n) is 3.28. The van der Waals surface area contributed by atoms with Crippen LogP contribution in [0.2, 0.25) is 0 Å². The topological polar surface area (TPSA) is 85.2 Å². The molecule has 0 bridgehead atoms. The molecule has 8 heteroatoms. The van der Waals surface area contributed by atoms with Gasteiger partial charge in [0.15, 0.2) is 6.29 Å². The predicted octanol–water partition coefficient (Wildman–Crippen LogP) is 2.21. The fraction of sp³-hybridized carbons (Fsp3) is 1.00. The van der Waals surface area contributed by atoms with Crippen LogP contribution in [0.5, 0.6) is 0 Å². The summed E-state index contributed by atoms with van der Waals surface area (Å²) in [6.07, 6.45) is 10.6. The molecular weight excluding hydrogens is 358 g/mol. The molecule has 6 nitrogen and oxygen atoms in total. The minimum Gasteiger partial charge on any atom is -1.00 e. The summed E-state index contributed by atoms with van der Waals surface area (Å²) < 4.78 is 20.4.